The molecule has 2 rings (SSSR count). The third-order valence-corrected chi connectivity index (χ3v) is 3.12. The minimum atomic E-state index is -0.378. The highest BCUT2D eigenvalue weighted by Gasteiger charge is 2.26. The Morgan fingerprint density at radius 2 is 2.29 bits per heavy atom. The van der Waals surface area contributed by atoms with Crippen LogP contribution in [0.4, 0.5) is 11.5 Å². The molecule has 1 unspecified atom stereocenters. The summed E-state index contributed by atoms with van der Waals surface area (Å²) in [4.78, 5) is 10.9. The summed E-state index contributed by atoms with van der Waals surface area (Å²) in [6, 6.07) is 1.84. The van der Waals surface area contributed by atoms with Gasteiger partial charge in [-0.3, -0.25) is 14.8 Å². The average Bonchev–Trinajstić information content (AvgIpc) is 2.99. The first kappa shape index (κ1) is 15.0. The van der Waals surface area contributed by atoms with Crippen LogP contribution in [-0.2, 0) is 13.1 Å². The van der Waals surface area contributed by atoms with Crippen LogP contribution in [0, 0.1) is 17.0 Å². The number of aromatic nitrogens is 4. The van der Waals surface area contributed by atoms with Gasteiger partial charge in [0, 0.05) is 25.0 Å². The Balaban J connectivity index is 2.22. The second kappa shape index (κ2) is 6.38. The van der Waals surface area contributed by atoms with Crippen molar-refractivity contribution < 1.29 is 4.92 Å². The predicted octanol–water partition coefficient (Wildman–Crippen LogP) is 2.21. The van der Waals surface area contributed by atoms with Gasteiger partial charge in [-0.1, -0.05) is 6.92 Å². The van der Waals surface area contributed by atoms with Gasteiger partial charge in [0.15, 0.2) is 0 Å². The second-order valence-electron chi connectivity index (χ2n) is 5.04. The molecule has 0 spiro atoms. The lowest BCUT2D eigenvalue weighted by Crippen LogP contribution is -2.24. The van der Waals surface area contributed by atoms with Gasteiger partial charge in [0.25, 0.3) is 0 Å². The van der Waals surface area contributed by atoms with Crippen LogP contribution in [0.15, 0.2) is 18.5 Å². The molecular formula is C13H20N6O2. The van der Waals surface area contributed by atoms with Gasteiger partial charge in [-0.25, -0.2) is 4.68 Å². The summed E-state index contributed by atoms with van der Waals surface area (Å²) in [6.45, 7) is 6.91. The summed E-state index contributed by atoms with van der Waals surface area (Å²) in [6.07, 6.45) is 4.43. The number of rotatable bonds is 7. The number of nitrogens with zero attached hydrogens (tertiary/aromatic N) is 5. The first-order chi connectivity index (χ1) is 10.0. The summed E-state index contributed by atoms with van der Waals surface area (Å²) >= 11 is 0. The van der Waals surface area contributed by atoms with E-state index in [9.17, 15) is 10.1 Å². The van der Waals surface area contributed by atoms with Crippen LogP contribution in [0.25, 0.3) is 0 Å². The minimum absolute atomic E-state index is 0.00435. The molecule has 1 N–H and O–H groups in total. The molecule has 0 aliphatic rings. The molecule has 2 aromatic heterocycles. The number of nitrogens with one attached hydrogen (secondary N) is 1. The van der Waals surface area contributed by atoms with Crippen molar-refractivity contribution in [3.63, 3.8) is 0 Å². The maximum absolute atomic E-state index is 11.3. The molecule has 1 atom stereocenters. The van der Waals surface area contributed by atoms with Crippen molar-refractivity contribution in [3.05, 3.63) is 34.3 Å². The van der Waals surface area contributed by atoms with E-state index in [4.69, 9.17) is 0 Å². The van der Waals surface area contributed by atoms with E-state index in [2.05, 4.69) is 15.5 Å². The van der Waals surface area contributed by atoms with Gasteiger partial charge < -0.3 is 5.32 Å². The SMILES string of the molecule is CCCn1nc(C)c([N+](=O)[O-])c1NC(C)Cn1cccn1. The van der Waals surface area contributed by atoms with E-state index in [-0.39, 0.29) is 16.7 Å². The molecule has 2 aromatic rings. The van der Waals surface area contributed by atoms with E-state index in [1.807, 2.05) is 26.1 Å². The summed E-state index contributed by atoms with van der Waals surface area (Å²) < 4.78 is 3.46. The fourth-order valence-electron chi connectivity index (χ4n) is 2.28. The van der Waals surface area contributed by atoms with E-state index in [1.165, 1.54) is 0 Å². The Morgan fingerprint density at radius 3 is 2.86 bits per heavy atom. The Bertz CT molecular complexity index is 604. The van der Waals surface area contributed by atoms with Crippen molar-refractivity contribution in [2.45, 2.75) is 46.3 Å². The molecule has 0 aromatic carbocycles. The van der Waals surface area contributed by atoms with Crippen molar-refractivity contribution in [1.82, 2.24) is 19.6 Å². The van der Waals surface area contributed by atoms with E-state index >= 15 is 0 Å². The monoisotopic (exact) mass is 292 g/mol. The van der Waals surface area contributed by atoms with Gasteiger partial charge in [0.1, 0.15) is 5.69 Å². The van der Waals surface area contributed by atoms with Crippen molar-refractivity contribution >= 4 is 11.5 Å². The summed E-state index contributed by atoms with van der Waals surface area (Å²) in [5.74, 6) is 0.471. The number of hydrogen-bond donors (Lipinski definition) is 1. The van der Waals surface area contributed by atoms with Gasteiger partial charge in [-0.05, 0) is 26.3 Å². The Kier molecular flexibility index (Phi) is 4.56. The summed E-state index contributed by atoms with van der Waals surface area (Å²) in [7, 11) is 0. The number of hydrogen-bond acceptors (Lipinski definition) is 5. The summed E-state index contributed by atoms with van der Waals surface area (Å²) in [5.41, 5.74) is 0.484. The molecule has 0 radical (unpaired) electrons. The van der Waals surface area contributed by atoms with Crippen LogP contribution >= 0.6 is 0 Å². The first-order valence-electron chi connectivity index (χ1n) is 6.98. The molecule has 8 heteroatoms. The Hall–Kier alpha value is -2.38. The minimum Gasteiger partial charge on any atom is -0.360 e. The van der Waals surface area contributed by atoms with E-state index in [1.54, 1.807) is 22.5 Å². The highest BCUT2D eigenvalue weighted by Crippen LogP contribution is 2.29. The fourth-order valence-corrected chi connectivity index (χ4v) is 2.28. The molecule has 0 aliphatic carbocycles. The third-order valence-electron chi connectivity index (χ3n) is 3.12. The van der Waals surface area contributed by atoms with Crippen molar-refractivity contribution in [1.29, 1.82) is 0 Å². The van der Waals surface area contributed by atoms with Gasteiger partial charge >= 0.3 is 5.69 Å². The maximum Gasteiger partial charge on any atom is 0.333 e. The quantitative estimate of drug-likeness (QED) is 0.624. The second-order valence-corrected chi connectivity index (χ2v) is 5.04. The molecule has 21 heavy (non-hydrogen) atoms. The van der Waals surface area contributed by atoms with E-state index in [0.717, 1.165) is 6.42 Å². The molecular weight excluding hydrogens is 272 g/mol. The van der Waals surface area contributed by atoms with Crippen LogP contribution in [-0.4, -0.2) is 30.5 Å². The molecule has 0 saturated carbocycles. The van der Waals surface area contributed by atoms with Gasteiger partial charge in [-0.15, -0.1) is 0 Å². The number of anilines is 1. The molecule has 0 bridgehead atoms. The molecule has 0 fully saturated rings. The third kappa shape index (κ3) is 3.39. The highest BCUT2D eigenvalue weighted by atomic mass is 16.6. The van der Waals surface area contributed by atoms with E-state index < -0.39 is 0 Å². The lowest BCUT2D eigenvalue weighted by molar-refractivity contribution is -0.384. The Labute approximate surface area is 122 Å². The maximum atomic E-state index is 11.3. The molecule has 0 amide bonds. The molecule has 2 heterocycles. The zero-order chi connectivity index (χ0) is 15.4. The molecule has 0 aliphatic heterocycles. The predicted molar refractivity (Wildman–Crippen MR) is 79.2 cm³/mol. The molecule has 114 valence electrons. The van der Waals surface area contributed by atoms with Crippen LogP contribution in [0.3, 0.4) is 0 Å². The molecule has 8 nitrogen and oxygen atoms in total. The number of aryl methyl sites for hydroxylation is 2. The first-order valence-corrected chi connectivity index (χ1v) is 6.98. The van der Waals surface area contributed by atoms with Crippen molar-refractivity contribution in [2.24, 2.45) is 0 Å². The number of nitro groups is 1. The lowest BCUT2D eigenvalue weighted by atomic mass is 10.3. The zero-order valence-corrected chi connectivity index (χ0v) is 12.5. The van der Waals surface area contributed by atoms with Crippen LogP contribution in [0.2, 0.25) is 0 Å². The van der Waals surface area contributed by atoms with Gasteiger partial charge in [0.2, 0.25) is 5.82 Å². The average molecular weight is 292 g/mol. The zero-order valence-electron chi connectivity index (χ0n) is 12.5. The Morgan fingerprint density at radius 1 is 1.52 bits per heavy atom. The van der Waals surface area contributed by atoms with Crippen molar-refractivity contribution in [2.75, 3.05) is 5.32 Å². The smallest absolute Gasteiger partial charge is 0.333 e. The topological polar surface area (TPSA) is 90.8 Å². The molecule has 0 saturated heterocycles. The fraction of sp³-hybridized carbons (Fsp3) is 0.538. The van der Waals surface area contributed by atoms with E-state index in [0.29, 0.717) is 24.6 Å². The largest absolute Gasteiger partial charge is 0.360 e. The van der Waals surface area contributed by atoms with Crippen molar-refractivity contribution in [3.8, 4) is 0 Å². The van der Waals surface area contributed by atoms with Crippen LogP contribution in [0.1, 0.15) is 26.0 Å². The summed E-state index contributed by atoms with van der Waals surface area (Å²) in [5, 5.41) is 22.9. The van der Waals surface area contributed by atoms with Gasteiger partial charge in [-0.2, -0.15) is 10.2 Å². The standard InChI is InChI=1S/C13H20N6O2/c1-4-7-18-13(12(19(20)21)11(3)16-18)15-10(2)9-17-8-5-6-14-17/h5-6,8,10,15H,4,7,9H2,1-3H3. The highest BCUT2D eigenvalue weighted by molar-refractivity contribution is 5.59. The lowest BCUT2D eigenvalue weighted by Gasteiger charge is -2.15. The van der Waals surface area contributed by atoms with Gasteiger partial charge in [0.05, 0.1) is 11.5 Å². The normalized spacial score (nSPS) is 12.3. The van der Waals surface area contributed by atoms with Crippen LogP contribution in [0.5, 0.6) is 0 Å². The van der Waals surface area contributed by atoms with Crippen LogP contribution < -0.4 is 5.32 Å².